The predicted molar refractivity (Wildman–Crippen MR) is 74.9 cm³/mol. The maximum atomic E-state index is 10.2. The number of aromatic nitrogens is 1. The van der Waals surface area contributed by atoms with Gasteiger partial charge in [0.1, 0.15) is 11.6 Å². The van der Waals surface area contributed by atoms with Gasteiger partial charge in [0.15, 0.2) is 0 Å². The van der Waals surface area contributed by atoms with E-state index in [1.54, 1.807) is 6.20 Å². The Hall–Kier alpha value is -2.07. The Morgan fingerprint density at radius 3 is 2.68 bits per heavy atom. The Morgan fingerprint density at radius 2 is 2.00 bits per heavy atom. The molecular formula is C15H18N2O2. The lowest BCUT2D eigenvalue weighted by molar-refractivity contribution is 0.140. The molecule has 3 N–H and O–H groups in total. The maximum absolute atomic E-state index is 10.2. The fourth-order valence-corrected chi connectivity index (χ4v) is 1.97. The molecule has 4 heteroatoms. The largest absolute Gasteiger partial charge is 0.493 e. The minimum Gasteiger partial charge on any atom is -0.493 e. The van der Waals surface area contributed by atoms with Crippen LogP contribution in [0.5, 0.6) is 5.75 Å². The van der Waals surface area contributed by atoms with Gasteiger partial charge >= 0.3 is 0 Å². The van der Waals surface area contributed by atoms with Crippen LogP contribution in [0.25, 0.3) is 0 Å². The Morgan fingerprint density at radius 1 is 1.26 bits per heavy atom. The van der Waals surface area contributed by atoms with Gasteiger partial charge in [0.2, 0.25) is 0 Å². The number of nitrogen functional groups attached to an aromatic ring is 1. The minimum absolute atomic E-state index is 0.382. The molecule has 0 fully saturated rings. The standard InChI is InChI=1S/C15H18N2O2/c1-11-7-9-17-15(16)14(11)13(18)8-10-19-12-5-3-2-4-6-12/h2-7,9,13,18H,8,10H2,1H3,(H2,16,17). The number of aliphatic hydroxyl groups excluding tert-OH is 1. The number of aliphatic hydroxyl groups is 1. The van der Waals surface area contributed by atoms with Gasteiger partial charge in [0.05, 0.1) is 12.7 Å². The fourth-order valence-electron chi connectivity index (χ4n) is 1.97. The van der Waals surface area contributed by atoms with E-state index in [9.17, 15) is 5.11 Å². The van der Waals surface area contributed by atoms with Crippen LogP contribution in [0, 0.1) is 6.92 Å². The van der Waals surface area contributed by atoms with E-state index < -0.39 is 6.10 Å². The number of para-hydroxylation sites is 1. The van der Waals surface area contributed by atoms with Crippen LogP contribution in [0.4, 0.5) is 5.82 Å². The summed E-state index contributed by atoms with van der Waals surface area (Å²) in [7, 11) is 0. The second-order valence-electron chi connectivity index (χ2n) is 4.39. The van der Waals surface area contributed by atoms with Crippen molar-refractivity contribution < 1.29 is 9.84 Å². The van der Waals surface area contributed by atoms with E-state index in [0.717, 1.165) is 11.3 Å². The topological polar surface area (TPSA) is 68.4 Å². The summed E-state index contributed by atoms with van der Waals surface area (Å²) in [5.74, 6) is 1.18. The van der Waals surface area contributed by atoms with Crippen LogP contribution in [0.2, 0.25) is 0 Å². The highest BCUT2D eigenvalue weighted by Gasteiger charge is 2.14. The number of rotatable bonds is 5. The molecule has 2 rings (SSSR count). The number of nitrogens with zero attached hydrogens (tertiary/aromatic N) is 1. The lowest BCUT2D eigenvalue weighted by Gasteiger charge is -2.15. The van der Waals surface area contributed by atoms with Gasteiger partial charge in [-0.05, 0) is 30.7 Å². The third-order valence-electron chi connectivity index (χ3n) is 2.98. The van der Waals surface area contributed by atoms with E-state index in [-0.39, 0.29) is 0 Å². The van der Waals surface area contributed by atoms with Crippen LogP contribution >= 0.6 is 0 Å². The van der Waals surface area contributed by atoms with Gasteiger partial charge < -0.3 is 15.6 Å². The molecule has 0 aliphatic rings. The first-order valence-corrected chi connectivity index (χ1v) is 6.25. The lowest BCUT2D eigenvalue weighted by Crippen LogP contribution is -2.10. The average molecular weight is 258 g/mol. The molecule has 1 aromatic heterocycles. The number of ether oxygens (including phenoxy) is 1. The summed E-state index contributed by atoms with van der Waals surface area (Å²) >= 11 is 0. The lowest BCUT2D eigenvalue weighted by atomic mass is 10.0. The first-order valence-electron chi connectivity index (χ1n) is 6.25. The van der Waals surface area contributed by atoms with Gasteiger partial charge in [-0.25, -0.2) is 4.98 Å². The second kappa shape index (κ2) is 6.20. The zero-order chi connectivity index (χ0) is 13.7. The van der Waals surface area contributed by atoms with E-state index in [0.29, 0.717) is 24.4 Å². The van der Waals surface area contributed by atoms with Crippen molar-refractivity contribution in [3.63, 3.8) is 0 Å². The first kappa shape index (κ1) is 13.4. The number of hydrogen-bond acceptors (Lipinski definition) is 4. The van der Waals surface area contributed by atoms with Gasteiger partial charge in [0, 0.05) is 18.2 Å². The van der Waals surface area contributed by atoms with Crippen LogP contribution in [0.1, 0.15) is 23.7 Å². The second-order valence-corrected chi connectivity index (χ2v) is 4.39. The summed E-state index contributed by atoms with van der Waals surface area (Å²) in [4.78, 5) is 4.00. The normalized spacial score (nSPS) is 12.1. The van der Waals surface area contributed by atoms with E-state index >= 15 is 0 Å². The highest BCUT2D eigenvalue weighted by atomic mass is 16.5. The number of benzene rings is 1. The van der Waals surface area contributed by atoms with Crippen molar-refractivity contribution in [1.29, 1.82) is 0 Å². The van der Waals surface area contributed by atoms with E-state index in [2.05, 4.69) is 4.98 Å². The summed E-state index contributed by atoms with van der Waals surface area (Å²) < 4.78 is 5.56. The van der Waals surface area contributed by atoms with Crippen molar-refractivity contribution in [2.75, 3.05) is 12.3 Å². The third kappa shape index (κ3) is 3.45. The Labute approximate surface area is 112 Å². The molecule has 0 amide bonds. The summed E-state index contributed by atoms with van der Waals surface area (Å²) in [5, 5.41) is 10.2. The van der Waals surface area contributed by atoms with Crippen LogP contribution in [-0.2, 0) is 0 Å². The Balaban J connectivity index is 1.93. The minimum atomic E-state index is -0.655. The number of aryl methyl sites for hydroxylation is 1. The van der Waals surface area contributed by atoms with Gasteiger partial charge in [-0.1, -0.05) is 18.2 Å². The maximum Gasteiger partial charge on any atom is 0.129 e. The molecule has 1 unspecified atom stereocenters. The number of nitrogens with two attached hydrogens (primary N) is 1. The smallest absolute Gasteiger partial charge is 0.129 e. The van der Waals surface area contributed by atoms with Gasteiger partial charge in [-0.2, -0.15) is 0 Å². The van der Waals surface area contributed by atoms with Crippen LogP contribution in [0.3, 0.4) is 0 Å². The molecule has 0 saturated carbocycles. The predicted octanol–water partition coefficient (Wildman–Crippen LogP) is 2.47. The van der Waals surface area contributed by atoms with Gasteiger partial charge in [-0.3, -0.25) is 0 Å². The molecule has 0 bridgehead atoms. The summed E-state index contributed by atoms with van der Waals surface area (Å²) in [5.41, 5.74) is 7.43. The van der Waals surface area contributed by atoms with Gasteiger partial charge in [-0.15, -0.1) is 0 Å². The molecule has 1 heterocycles. The van der Waals surface area contributed by atoms with Gasteiger partial charge in [0.25, 0.3) is 0 Å². The van der Waals surface area contributed by atoms with Crippen molar-refractivity contribution in [2.45, 2.75) is 19.4 Å². The first-order chi connectivity index (χ1) is 9.18. The molecule has 2 aromatic rings. The fraction of sp³-hybridized carbons (Fsp3) is 0.267. The van der Waals surface area contributed by atoms with E-state index in [1.807, 2.05) is 43.3 Å². The number of anilines is 1. The quantitative estimate of drug-likeness (QED) is 0.864. The molecule has 1 aromatic carbocycles. The monoisotopic (exact) mass is 258 g/mol. The number of pyridine rings is 1. The molecule has 19 heavy (non-hydrogen) atoms. The molecular weight excluding hydrogens is 240 g/mol. The van der Waals surface area contributed by atoms with Crippen molar-refractivity contribution in [3.8, 4) is 5.75 Å². The van der Waals surface area contributed by atoms with Crippen LogP contribution in [-0.4, -0.2) is 16.7 Å². The summed E-state index contributed by atoms with van der Waals surface area (Å²) in [6.07, 6.45) is 1.46. The molecule has 0 saturated heterocycles. The third-order valence-corrected chi connectivity index (χ3v) is 2.98. The van der Waals surface area contributed by atoms with Crippen molar-refractivity contribution >= 4 is 5.82 Å². The number of hydrogen-bond donors (Lipinski definition) is 2. The SMILES string of the molecule is Cc1ccnc(N)c1C(O)CCOc1ccccc1. The van der Waals surface area contributed by atoms with Crippen LogP contribution < -0.4 is 10.5 Å². The molecule has 0 radical (unpaired) electrons. The highest BCUT2D eigenvalue weighted by Crippen LogP contribution is 2.25. The van der Waals surface area contributed by atoms with E-state index in [1.165, 1.54) is 0 Å². The molecule has 0 aliphatic heterocycles. The molecule has 0 spiro atoms. The van der Waals surface area contributed by atoms with E-state index in [4.69, 9.17) is 10.5 Å². The highest BCUT2D eigenvalue weighted by molar-refractivity contribution is 5.45. The van der Waals surface area contributed by atoms with Crippen molar-refractivity contribution in [2.24, 2.45) is 0 Å². The average Bonchev–Trinajstić information content (AvgIpc) is 2.40. The zero-order valence-electron chi connectivity index (χ0n) is 10.9. The molecule has 0 aliphatic carbocycles. The van der Waals surface area contributed by atoms with Crippen molar-refractivity contribution in [1.82, 2.24) is 4.98 Å². The Bertz CT molecular complexity index is 509. The molecule has 1 atom stereocenters. The Kier molecular flexibility index (Phi) is 4.36. The van der Waals surface area contributed by atoms with Crippen LogP contribution in [0.15, 0.2) is 42.6 Å². The zero-order valence-corrected chi connectivity index (χ0v) is 10.9. The summed E-state index contributed by atoms with van der Waals surface area (Å²) in [6, 6.07) is 11.4. The summed E-state index contributed by atoms with van der Waals surface area (Å²) in [6.45, 7) is 2.34. The molecule has 4 nitrogen and oxygen atoms in total. The van der Waals surface area contributed by atoms with Crippen molar-refractivity contribution in [3.05, 3.63) is 53.7 Å². The molecule has 100 valence electrons.